The number of hydrogen-bond donors (Lipinski definition) is 1. The summed E-state index contributed by atoms with van der Waals surface area (Å²) in [6.45, 7) is 14.4. The molecule has 0 spiro atoms. The van der Waals surface area contributed by atoms with E-state index in [0.29, 0.717) is 19.7 Å². The van der Waals surface area contributed by atoms with Gasteiger partial charge in [-0.15, -0.1) is 0 Å². The van der Waals surface area contributed by atoms with Crippen molar-refractivity contribution in [2.24, 2.45) is 0 Å². The first-order valence-electron chi connectivity index (χ1n) is 9.57. The zero-order chi connectivity index (χ0) is 21.1. The van der Waals surface area contributed by atoms with Crippen LogP contribution in [0.4, 0.5) is 4.79 Å². The summed E-state index contributed by atoms with van der Waals surface area (Å²) in [5.74, 6) is 0. The first-order chi connectivity index (χ1) is 12.9. The number of nitrogens with one attached hydrogen (secondary N) is 1. The average Bonchev–Trinajstić information content (AvgIpc) is 2.58. The number of aromatic nitrogens is 1. The van der Waals surface area contributed by atoms with Crippen LogP contribution in [0.1, 0.15) is 58.8 Å². The third-order valence-electron chi connectivity index (χ3n) is 4.16. The van der Waals surface area contributed by atoms with Gasteiger partial charge in [-0.1, -0.05) is 6.07 Å². The van der Waals surface area contributed by atoms with Crippen LogP contribution in [-0.4, -0.2) is 56.3 Å². The number of carbonyl (C=O) groups excluding carboxylic acids is 1. The largest absolute Gasteiger partial charge is 0.444 e. The summed E-state index contributed by atoms with van der Waals surface area (Å²) in [4.78, 5) is 18.6. The number of pyridine rings is 1. The SMILES string of the molecule is Cc1ccc(C(N[S@](=O)C(C)(C)C)[C@H]2CN(C(=O)OC(C)(C)C)CCO2)nc1. The predicted molar refractivity (Wildman–Crippen MR) is 110 cm³/mol. The minimum atomic E-state index is -1.32. The van der Waals surface area contributed by atoms with Crippen molar-refractivity contribution in [1.29, 1.82) is 0 Å². The Labute approximate surface area is 170 Å². The van der Waals surface area contributed by atoms with Crippen LogP contribution in [0.2, 0.25) is 0 Å². The molecule has 0 bridgehead atoms. The first kappa shape index (κ1) is 22.8. The van der Waals surface area contributed by atoms with Gasteiger partial charge in [-0.05, 0) is 60.1 Å². The molecule has 7 nitrogen and oxygen atoms in total. The fourth-order valence-electron chi connectivity index (χ4n) is 2.65. The minimum absolute atomic E-state index is 0.337. The van der Waals surface area contributed by atoms with Gasteiger partial charge in [0.1, 0.15) is 5.60 Å². The number of ether oxygens (including phenoxy) is 2. The fraction of sp³-hybridized carbons (Fsp3) is 0.700. The summed E-state index contributed by atoms with van der Waals surface area (Å²) in [5, 5.41) is 0. The third-order valence-corrected chi connectivity index (χ3v) is 5.74. The van der Waals surface area contributed by atoms with Crippen LogP contribution in [0, 0.1) is 6.92 Å². The molecule has 3 atom stereocenters. The van der Waals surface area contributed by atoms with Crippen LogP contribution in [0.15, 0.2) is 18.3 Å². The zero-order valence-corrected chi connectivity index (χ0v) is 18.8. The number of aryl methyl sites for hydroxylation is 1. The Kier molecular flexibility index (Phi) is 7.22. The summed E-state index contributed by atoms with van der Waals surface area (Å²) < 4.78 is 27.0. The topological polar surface area (TPSA) is 80.8 Å². The second kappa shape index (κ2) is 8.88. The van der Waals surface area contributed by atoms with Gasteiger partial charge in [0.25, 0.3) is 0 Å². The highest BCUT2D eigenvalue weighted by Gasteiger charge is 2.36. The number of amides is 1. The summed E-state index contributed by atoms with van der Waals surface area (Å²) in [5.41, 5.74) is 1.22. The predicted octanol–water partition coefficient (Wildman–Crippen LogP) is 3.12. The van der Waals surface area contributed by atoms with Crippen LogP contribution in [0.25, 0.3) is 0 Å². The fourth-order valence-corrected chi connectivity index (χ4v) is 3.51. The van der Waals surface area contributed by atoms with Crippen LogP contribution in [-0.2, 0) is 20.5 Å². The molecule has 2 rings (SSSR count). The normalized spacial score (nSPS) is 20.5. The number of morpholine rings is 1. The van der Waals surface area contributed by atoms with Crippen molar-refractivity contribution < 1.29 is 18.5 Å². The highest BCUT2D eigenvalue weighted by molar-refractivity contribution is 7.84. The van der Waals surface area contributed by atoms with Crippen molar-refractivity contribution in [3.63, 3.8) is 0 Å². The third kappa shape index (κ3) is 6.53. The van der Waals surface area contributed by atoms with Crippen LogP contribution < -0.4 is 4.72 Å². The Morgan fingerprint density at radius 3 is 2.54 bits per heavy atom. The lowest BCUT2D eigenvalue weighted by Gasteiger charge is -2.38. The molecule has 28 heavy (non-hydrogen) atoms. The molecule has 8 heteroatoms. The maximum absolute atomic E-state index is 12.8. The van der Waals surface area contributed by atoms with Crippen molar-refractivity contribution in [2.75, 3.05) is 19.7 Å². The van der Waals surface area contributed by atoms with E-state index < -0.39 is 27.4 Å². The lowest BCUT2D eigenvalue weighted by molar-refractivity contribution is -0.0531. The summed E-state index contributed by atoms with van der Waals surface area (Å²) >= 11 is 0. The highest BCUT2D eigenvalue weighted by Crippen LogP contribution is 2.25. The van der Waals surface area contributed by atoms with Gasteiger partial charge in [-0.2, -0.15) is 0 Å². The number of nitrogens with zero attached hydrogens (tertiary/aromatic N) is 2. The Hall–Kier alpha value is -1.51. The van der Waals surface area contributed by atoms with Crippen LogP contribution >= 0.6 is 0 Å². The lowest BCUT2D eigenvalue weighted by Crippen LogP contribution is -2.52. The maximum atomic E-state index is 12.8. The molecule has 1 aromatic heterocycles. The molecular weight excluding hydrogens is 378 g/mol. The van der Waals surface area contributed by atoms with Gasteiger partial charge < -0.3 is 14.4 Å². The van der Waals surface area contributed by atoms with Gasteiger partial charge >= 0.3 is 6.09 Å². The van der Waals surface area contributed by atoms with Crippen molar-refractivity contribution in [3.8, 4) is 0 Å². The highest BCUT2D eigenvalue weighted by atomic mass is 32.2. The Balaban J connectivity index is 2.23. The molecule has 1 saturated heterocycles. The molecule has 1 aliphatic rings. The number of hydrogen-bond acceptors (Lipinski definition) is 5. The van der Waals surface area contributed by atoms with Crippen molar-refractivity contribution in [2.45, 2.75) is 71.0 Å². The molecule has 0 aliphatic carbocycles. The summed E-state index contributed by atoms with van der Waals surface area (Å²) in [6.07, 6.45) is 1.02. The molecule has 0 saturated carbocycles. The average molecular weight is 412 g/mol. The Morgan fingerprint density at radius 2 is 2.00 bits per heavy atom. The smallest absolute Gasteiger partial charge is 0.410 e. The molecule has 1 unspecified atom stereocenters. The van der Waals surface area contributed by atoms with Gasteiger partial charge in [0, 0.05) is 12.7 Å². The number of carbonyl (C=O) groups is 1. The van der Waals surface area contributed by atoms with Gasteiger partial charge in [0.05, 0.1) is 46.7 Å². The van der Waals surface area contributed by atoms with E-state index >= 15 is 0 Å². The molecule has 0 aromatic carbocycles. The quantitative estimate of drug-likeness (QED) is 0.823. The van der Waals surface area contributed by atoms with Crippen molar-refractivity contribution in [3.05, 3.63) is 29.6 Å². The van der Waals surface area contributed by atoms with Crippen LogP contribution in [0.3, 0.4) is 0 Å². The molecule has 1 fully saturated rings. The van der Waals surface area contributed by atoms with E-state index in [-0.39, 0.29) is 12.2 Å². The van der Waals surface area contributed by atoms with Gasteiger partial charge in [0.15, 0.2) is 0 Å². The minimum Gasteiger partial charge on any atom is -0.444 e. The standard InChI is InChI=1S/C20H33N3O4S/c1-14-8-9-15(21-12-14)17(22-28(25)20(5,6)7)16-13-23(10-11-26-16)18(24)27-19(2,3)4/h8-9,12,16-17,22H,10-11,13H2,1-7H3/t16-,17?,28-/m1/s1. The van der Waals surface area contributed by atoms with Crippen molar-refractivity contribution >= 4 is 17.1 Å². The second-order valence-electron chi connectivity index (χ2n) is 9.07. The van der Waals surface area contributed by atoms with Crippen LogP contribution in [0.5, 0.6) is 0 Å². The molecule has 2 heterocycles. The van der Waals surface area contributed by atoms with E-state index in [1.54, 1.807) is 11.1 Å². The molecular formula is C20H33N3O4S. The van der Waals surface area contributed by atoms with Gasteiger partial charge in [-0.3, -0.25) is 4.98 Å². The van der Waals surface area contributed by atoms with Crippen molar-refractivity contribution in [1.82, 2.24) is 14.6 Å². The van der Waals surface area contributed by atoms with Gasteiger partial charge in [-0.25, -0.2) is 13.7 Å². The second-order valence-corrected chi connectivity index (χ2v) is 11.1. The maximum Gasteiger partial charge on any atom is 0.410 e. The molecule has 0 radical (unpaired) electrons. The lowest BCUT2D eigenvalue weighted by atomic mass is 10.1. The first-order valence-corrected chi connectivity index (χ1v) is 10.7. The molecule has 1 aliphatic heterocycles. The molecule has 1 amide bonds. The van der Waals surface area contributed by atoms with Gasteiger partial charge in [0.2, 0.25) is 0 Å². The van der Waals surface area contributed by atoms with E-state index in [4.69, 9.17) is 9.47 Å². The monoisotopic (exact) mass is 411 g/mol. The number of rotatable bonds is 4. The van der Waals surface area contributed by atoms with E-state index in [1.807, 2.05) is 60.6 Å². The summed E-state index contributed by atoms with van der Waals surface area (Å²) in [6, 6.07) is 3.46. The summed E-state index contributed by atoms with van der Waals surface area (Å²) in [7, 11) is -1.32. The van der Waals surface area contributed by atoms with E-state index in [9.17, 15) is 9.00 Å². The van der Waals surface area contributed by atoms with E-state index in [0.717, 1.165) is 11.3 Å². The van der Waals surface area contributed by atoms with E-state index in [1.165, 1.54) is 0 Å². The molecule has 1 N–H and O–H groups in total. The Morgan fingerprint density at radius 1 is 1.32 bits per heavy atom. The molecule has 1 aromatic rings. The zero-order valence-electron chi connectivity index (χ0n) is 17.9. The Bertz CT molecular complexity index is 695. The molecule has 158 valence electrons. The van der Waals surface area contributed by atoms with E-state index in [2.05, 4.69) is 9.71 Å².